The molecule has 0 spiro atoms. The quantitative estimate of drug-likeness (QED) is 0.925. The first-order chi connectivity index (χ1) is 10.00. The topological polar surface area (TPSA) is 74.7 Å². The van der Waals surface area contributed by atoms with Crippen molar-refractivity contribution in [3.63, 3.8) is 0 Å². The van der Waals surface area contributed by atoms with Crippen LogP contribution in [0.3, 0.4) is 0 Å². The number of sulfonamides is 1. The second-order valence-corrected chi connectivity index (χ2v) is 8.62. The summed E-state index contributed by atoms with van der Waals surface area (Å²) in [5, 5.41) is 10.4. The summed E-state index contributed by atoms with van der Waals surface area (Å²) < 4.78 is 27.3. The van der Waals surface area contributed by atoms with Crippen LogP contribution in [0.25, 0.3) is 0 Å². The van der Waals surface area contributed by atoms with Crippen molar-refractivity contribution in [3.05, 3.63) is 16.3 Å². The fourth-order valence-corrected chi connectivity index (χ4v) is 6.43. The molecular weight excluding hydrogens is 310 g/mol. The predicted molar refractivity (Wildman–Crippen MR) is 80.2 cm³/mol. The van der Waals surface area contributed by atoms with Gasteiger partial charge in [-0.3, -0.25) is 0 Å². The van der Waals surface area contributed by atoms with E-state index in [1.165, 1.54) is 17.9 Å². The number of aromatic carboxylic acids is 1. The van der Waals surface area contributed by atoms with Crippen LogP contribution in [-0.2, 0) is 10.0 Å². The van der Waals surface area contributed by atoms with Gasteiger partial charge in [-0.05, 0) is 37.7 Å². The van der Waals surface area contributed by atoms with Crippen LogP contribution in [0.5, 0.6) is 0 Å². The highest BCUT2D eigenvalue weighted by molar-refractivity contribution is 7.89. The maximum Gasteiger partial charge on any atom is 0.345 e. The number of carbonyl (C=O) groups is 1. The molecule has 1 aliphatic carbocycles. The molecule has 2 atom stereocenters. The number of carboxylic acid groups (broad SMARTS) is 1. The third-order valence-electron chi connectivity index (χ3n) is 4.59. The Kier molecular flexibility index (Phi) is 4.07. The minimum atomic E-state index is -3.56. The smallest absolute Gasteiger partial charge is 0.345 e. The molecule has 1 aliphatic heterocycles. The number of rotatable bonds is 3. The Morgan fingerprint density at radius 2 is 1.95 bits per heavy atom. The molecule has 1 aromatic rings. The van der Waals surface area contributed by atoms with E-state index in [4.69, 9.17) is 5.11 Å². The highest BCUT2D eigenvalue weighted by Gasteiger charge is 2.40. The van der Waals surface area contributed by atoms with Gasteiger partial charge in [0.1, 0.15) is 4.88 Å². The van der Waals surface area contributed by atoms with E-state index in [0.717, 1.165) is 43.4 Å². The average Bonchev–Trinajstić information content (AvgIpc) is 2.97. The SMILES string of the molecule is O=C(O)c1cc(S(=O)(=O)N2CCC[C@H]3CCCC[C@H]32)cs1. The molecule has 3 rings (SSSR count). The molecule has 2 aliphatic rings. The van der Waals surface area contributed by atoms with Crippen molar-refractivity contribution in [1.82, 2.24) is 4.31 Å². The number of hydrogen-bond acceptors (Lipinski definition) is 4. The zero-order valence-electron chi connectivity index (χ0n) is 11.7. The van der Waals surface area contributed by atoms with Gasteiger partial charge in [-0.15, -0.1) is 11.3 Å². The van der Waals surface area contributed by atoms with Gasteiger partial charge in [0.25, 0.3) is 0 Å². The van der Waals surface area contributed by atoms with Crippen LogP contribution in [0.15, 0.2) is 16.3 Å². The second-order valence-electron chi connectivity index (χ2n) is 5.82. The standard InChI is InChI=1S/C14H19NO4S2/c16-14(17)13-8-11(9-20-13)21(18,19)15-7-3-5-10-4-1-2-6-12(10)15/h8-10,12H,1-7H2,(H,16,17)/t10-,12-/m1/s1. The van der Waals surface area contributed by atoms with Crippen LogP contribution in [0.4, 0.5) is 0 Å². The minimum Gasteiger partial charge on any atom is -0.477 e. The zero-order valence-corrected chi connectivity index (χ0v) is 13.3. The lowest BCUT2D eigenvalue weighted by atomic mass is 9.79. The van der Waals surface area contributed by atoms with Gasteiger partial charge < -0.3 is 5.11 Å². The van der Waals surface area contributed by atoms with E-state index >= 15 is 0 Å². The van der Waals surface area contributed by atoms with E-state index < -0.39 is 16.0 Å². The van der Waals surface area contributed by atoms with Crippen molar-refractivity contribution in [3.8, 4) is 0 Å². The normalized spacial score (nSPS) is 27.2. The van der Waals surface area contributed by atoms with E-state index in [1.807, 2.05) is 0 Å². The summed E-state index contributed by atoms with van der Waals surface area (Å²) in [4.78, 5) is 11.2. The Balaban J connectivity index is 1.90. The Bertz CT molecular complexity index is 635. The first-order valence-corrected chi connectivity index (χ1v) is 9.66. The van der Waals surface area contributed by atoms with Crippen molar-refractivity contribution in [2.24, 2.45) is 5.92 Å². The Morgan fingerprint density at radius 3 is 2.67 bits per heavy atom. The highest BCUT2D eigenvalue weighted by atomic mass is 32.2. The van der Waals surface area contributed by atoms with Gasteiger partial charge in [0.2, 0.25) is 10.0 Å². The predicted octanol–water partition coefficient (Wildman–Crippen LogP) is 2.79. The summed E-state index contributed by atoms with van der Waals surface area (Å²) in [5.74, 6) is -0.601. The van der Waals surface area contributed by atoms with E-state index in [-0.39, 0.29) is 15.8 Å². The van der Waals surface area contributed by atoms with Gasteiger partial charge >= 0.3 is 5.97 Å². The first-order valence-electron chi connectivity index (χ1n) is 7.34. The number of piperidine rings is 1. The lowest BCUT2D eigenvalue weighted by Crippen LogP contribution is -2.49. The molecule has 21 heavy (non-hydrogen) atoms. The summed E-state index contributed by atoms with van der Waals surface area (Å²) in [5.41, 5.74) is 0. The van der Waals surface area contributed by atoms with Gasteiger partial charge in [-0.25, -0.2) is 13.2 Å². The molecule has 2 fully saturated rings. The van der Waals surface area contributed by atoms with Crippen molar-refractivity contribution >= 4 is 27.3 Å². The lowest BCUT2D eigenvalue weighted by molar-refractivity contribution is 0.0702. The summed E-state index contributed by atoms with van der Waals surface area (Å²) in [6, 6.07) is 1.39. The van der Waals surface area contributed by atoms with E-state index in [0.29, 0.717) is 12.5 Å². The fraction of sp³-hybridized carbons (Fsp3) is 0.643. The van der Waals surface area contributed by atoms with Crippen molar-refractivity contribution in [2.75, 3.05) is 6.54 Å². The number of nitrogens with zero attached hydrogens (tertiary/aromatic N) is 1. The van der Waals surface area contributed by atoms with E-state index in [9.17, 15) is 13.2 Å². The van der Waals surface area contributed by atoms with Gasteiger partial charge in [0.05, 0.1) is 4.90 Å². The third-order valence-corrected chi connectivity index (χ3v) is 7.55. The summed E-state index contributed by atoms with van der Waals surface area (Å²) in [6.07, 6.45) is 6.32. The molecule has 7 heteroatoms. The molecule has 1 N–H and O–H groups in total. The summed E-state index contributed by atoms with van der Waals surface area (Å²) >= 11 is 0.973. The molecule has 0 aromatic carbocycles. The Labute approximate surface area is 128 Å². The molecule has 1 saturated carbocycles. The number of thiophene rings is 1. The van der Waals surface area contributed by atoms with Crippen LogP contribution in [0.1, 0.15) is 48.2 Å². The molecule has 0 radical (unpaired) electrons. The van der Waals surface area contributed by atoms with Crippen LogP contribution < -0.4 is 0 Å². The van der Waals surface area contributed by atoms with E-state index in [1.54, 1.807) is 4.31 Å². The molecule has 116 valence electrons. The maximum atomic E-state index is 12.8. The van der Waals surface area contributed by atoms with Crippen molar-refractivity contribution in [1.29, 1.82) is 0 Å². The molecule has 1 aromatic heterocycles. The van der Waals surface area contributed by atoms with Gasteiger partial charge in [0, 0.05) is 18.0 Å². The molecular formula is C14H19NO4S2. The maximum absolute atomic E-state index is 12.8. The summed E-state index contributed by atoms with van der Waals surface area (Å²) in [6.45, 7) is 0.557. The second kappa shape index (κ2) is 5.70. The monoisotopic (exact) mass is 329 g/mol. The van der Waals surface area contributed by atoms with Gasteiger partial charge in [0.15, 0.2) is 0 Å². The van der Waals surface area contributed by atoms with Crippen LogP contribution >= 0.6 is 11.3 Å². The average molecular weight is 329 g/mol. The van der Waals surface area contributed by atoms with Crippen molar-refractivity contribution < 1.29 is 18.3 Å². The fourth-order valence-electron chi connectivity index (χ4n) is 3.58. The van der Waals surface area contributed by atoms with Crippen LogP contribution in [0, 0.1) is 5.92 Å². The Morgan fingerprint density at radius 1 is 1.24 bits per heavy atom. The molecule has 0 bridgehead atoms. The first kappa shape index (κ1) is 15.0. The minimum absolute atomic E-state index is 0.0748. The van der Waals surface area contributed by atoms with Crippen LogP contribution in [-0.4, -0.2) is 36.4 Å². The molecule has 5 nitrogen and oxygen atoms in total. The lowest BCUT2D eigenvalue weighted by Gasteiger charge is -2.42. The van der Waals surface area contributed by atoms with Gasteiger partial charge in [-0.1, -0.05) is 12.8 Å². The number of fused-ring (bicyclic) bond motifs is 1. The molecule has 0 amide bonds. The number of hydrogen-bond donors (Lipinski definition) is 1. The van der Waals surface area contributed by atoms with Gasteiger partial charge in [-0.2, -0.15) is 4.31 Å². The van der Waals surface area contributed by atoms with Crippen LogP contribution in [0.2, 0.25) is 0 Å². The number of carboxylic acids is 1. The molecule has 1 saturated heterocycles. The Hall–Kier alpha value is -0.920. The third kappa shape index (κ3) is 2.74. The summed E-state index contributed by atoms with van der Waals surface area (Å²) in [7, 11) is -3.56. The highest BCUT2D eigenvalue weighted by Crippen LogP contribution is 2.38. The molecule has 0 unspecified atom stereocenters. The van der Waals surface area contributed by atoms with Crippen molar-refractivity contribution in [2.45, 2.75) is 49.5 Å². The largest absolute Gasteiger partial charge is 0.477 e. The zero-order chi connectivity index (χ0) is 15.0. The molecule has 2 heterocycles. The van der Waals surface area contributed by atoms with E-state index in [2.05, 4.69) is 0 Å².